The number of halogens is 3. The summed E-state index contributed by atoms with van der Waals surface area (Å²) in [7, 11) is 0. The molecule has 7 heteroatoms. The van der Waals surface area contributed by atoms with Crippen LogP contribution in [0.2, 0.25) is 0 Å². The van der Waals surface area contributed by atoms with Crippen molar-refractivity contribution in [2.75, 3.05) is 0 Å². The Morgan fingerprint density at radius 3 is 2.44 bits per heavy atom. The van der Waals surface area contributed by atoms with E-state index in [1.807, 2.05) is 6.07 Å². The lowest BCUT2D eigenvalue weighted by Crippen LogP contribution is -2.41. The van der Waals surface area contributed by atoms with Crippen LogP contribution in [0.4, 0.5) is 13.2 Å². The second-order valence-electron chi connectivity index (χ2n) is 8.35. The summed E-state index contributed by atoms with van der Waals surface area (Å²) in [6.07, 6.45) is -2.61. The molecule has 4 nitrogen and oxygen atoms in total. The van der Waals surface area contributed by atoms with E-state index in [0.29, 0.717) is 23.3 Å². The zero-order chi connectivity index (χ0) is 22.3. The summed E-state index contributed by atoms with van der Waals surface area (Å²) in [5, 5.41) is 10.1. The number of alkyl halides is 3. The van der Waals surface area contributed by atoms with Gasteiger partial charge in [0.25, 0.3) is 0 Å². The molecule has 164 valence electrons. The first kappa shape index (κ1) is 20.7. The predicted octanol–water partition coefficient (Wildman–Crippen LogP) is 6.51. The number of aromatic nitrogens is 2. The number of hydrogen-bond donors (Lipinski definition) is 1. The second kappa shape index (κ2) is 8.06. The quantitative estimate of drug-likeness (QED) is 0.387. The highest BCUT2D eigenvalue weighted by atomic mass is 19.4. The first-order chi connectivity index (χ1) is 15.4. The van der Waals surface area contributed by atoms with Crippen LogP contribution in [-0.4, -0.2) is 16.2 Å². The van der Waals surface area contributed by atoms with Crippen molar-refractivity contribution in [1.29, 1.82) is 0 Å². The van der Waals surface area contributed by atoms with Gasteiger partial charge < -0.3 is 9.84 Å². The van der Waals surface area contributed by atoms with Crippen LogP contribution in [0.15, 0.2) is 71.3 Å². The van der Waals surface area contributed by atoms with Gasteiger partial charge in [-0.3, -0.25) is 0 Å². The van der Waals surface area contributed by atoms with E-state index in [4.69, 9.17) is 4.52 Å². The van der Waals surface area contributed by atoms with E-state index in [2.05, 4.69) is 58.8 Å². The average molecular weight is 437 g/mol. The fraction of sp³-hybridized carbons (Fsp3) is 0.280. The van der Waals surface area contributed by atoms with E-state index < -0.39 is 11.7 Å². The van der Waals surface area contributed by atoms with E-state index in [1.165, 1.54) is 28.5 Å². The third kappa shape index (κ3) is 4.00. The molecule has 0 saturated heterocycles. The largest absolute Gasteiger partial charge is 0.416 e. The molecule has 1 saturated carbocycles. The van der Waals surface area contributed by atoms with Crippen LogP contribution in [0.1, 0.15) is 48.7 Å². The Kier molecular flexibility index (Phi) is 5.21. The third-order valence-corrected chi connectivity index (χ3v) is 6.18. The molecule has 5 rings (SSSR count). The van der Waals surface area contributed by atoms with Crippen molar-refractivity contribution < 1.29 is 17.7 Å². The third-order valence-electron chi connectivity index (χ3n) is 6.18. The van der Waals surface area contributed by atoms with Crippen molar-refractivity contribution in [3.8, 4) is 11.4 Å². The lowest BCUT2D eigenvalue weighted by atomic mass is 9.79. The maximum Gasteiger partial charge on any atom is 0.416 e. The molecule has 4 aromatic rings. The molecule has 32 heavy (non-hydrogen) atoms. The van der Waals surface area contributed by atoms with Gasteiger partial charge in [0.15, 0.2) is 0 Å². The van der Waals surface area contributed by atoms with Crippen molar-refractivity contribution in [2.45, 2.75) is 43.9 Å². The van der Waals surface area contributed by atoms with Gasteiger partial charge in [-0.2, -0.15) is 18.2 Å². The van der Waals surface area contributed by atoms with Crippen molar-refractivity contribution in [1.82, 2.24) is 15.5 Å². The molecule has 1 aromatic heterocycles. The fourth-order valence-corrected chi connectivity index (χ4v) is 4.35. The van der Waals surface area contributed by atoms with Gasteiger partial charge in [-0.25, -0.2) is 0 Å². The fourth-order valence-electron chi connectivity index (χ4n) is 4.35. The Hall–Kier alpha value is -3.19. The first-order valence-corrected chi connectivity index (χ1v) is 10.6. The summed E-state index contributed by atoms with van der Waals surface area (Å²) in [6, 6.07) is 20.1. The SMILES string of the molecule is C[C@@H](NC1CC(c2nc(-c3ccc(C(F)(F)F)cc3)no2)C1)c1cccc2ccccc12. The van der Waals surface area contributed by atoms with Gasteiger partial charge in [0, 0.05) is 23.6 Å². The van der Waals surface area contributed by atoms with Crippen molar-refractivity contribution >= 4 is 10.8 Å². The topological polar surface area (TPSA) is 51.0 Å². The van der Waals surface area contributed by atoms with Gasteiger partial charge >= 0.3 is 6.18 Å². The van der Waals surface area contributed by atoms with E-state index in [0.717, 1.165) is 25.0 Å². The molecule has 3 aromatic carbocycles. The normalized spacial score (nSPS) is 19.6. The van der Waals surface area contributed by atoms with Gasteiger partial charge in [0.2, 0.25) is 11.7 Å². The molecule has 1 aliphatic carbocycles. The zero-order valence-corrected chi connectivity index (χ0v) is 17.4. The standard InChI is InChI=1S/C25H22F3N3O/c1-15(21-8-4-6-16-5-2-3-7-22(16)21)29-20-13-18(14-20)24-30-23(31-32-24)17-9-11-19(12-10-17)25(26,27)28/h2-12,15,18,20,29H,13-14H2,1H3/t15-,18?,20?/m1/s1. The lowest BCUT2D eigenvalue weighted by Gasteiger charge is -2.36. The molecule has 0 spiro atoms. The predicted molar refractivity (Wildman–Crippen MR) is 116 cm³/mol. The Morgan fingerprint density at radius 2 is 1.69 bits per heavy atom. The van der Waals surface area contributed by atoms with E-state index in [-0.39, 0.29) is 12.0 Å². The summed E-state index contributed by atoms with van der Waals surface area (Å²) in [5.74, 6) is 1.01. The van der Waals surface area contributed by atoms with E-state index in [1.54, 1.807) is 0 Å². The summed E-state index contributed by atoms with van der Waals surface area (Å²) < 4.78 is 43.6. The molecule has 0 unspecified atom stereocenters. The molecule has 1 heterocycles. The van der Waals surface area contributed by atoms with Gasteiger partial charge in [0.1, 0.15) is 0 Å². The van der Waals surface area contributed by atoms with Crippen molar-refractivity contribution in [3.05, 3.63) is 83.7 Å². The molecule has 0 radical (unpaired) electrons. The van der Waals surface area contributed by atoms with Crippen molar-refractivity contribution in [2.24, 2.45) is 0 Å². The number of hydrogen-bond acceptors (Lipinski definition) is 4. The average Bonchev–Trinajstić information content (AvgIpc) is 3.24. The smallest absolute Gasteiger partial charge is 0.339 e. The van der Waals surface area contributed by atoms with Crippen LogP contribution in [0, 0.1) is 0 Å². The number of benzene rings is 3. The maximum absolute atomic E-state index is 12.7. The van der Waals surface area contributed by atoms with Gasteiger partial charge in [-0.1, -0.05) is 59.8 Å². The number of nitrogens with zero attached hydrogens (tertiary/aromatic N) is 2. The highest BCUT2D eigenvalue weighted by Crippen LogP contribution is 2.38. The summed E-state index contributed by atoms with van der Waals surface area (Å²) >= 11 is 0. The van der Waals surface area contributed by atoms with Crippen molar-refractivity contribution in [3.63, 3.8) is 0 Å². The monoisotopic (exact) mass is 437 g/mol. The summed E-state index contributed by atoms with van der Waals surface area (Å²) in [4.78, 5) is 4.42. The van der Waals surface area contributed by atoms with Crippen LogP contribution < -0.4 is 5.32 Å². The Labute approximate surface area is 183 Å². The second-order valence-corrected chi connectivity index (χ2v) is 8.35. The van der Waals surface area contributed by atoms with Gasteiger partial charge in [0.05, 0.1) is 5.56 Å². The van der Waals surface area contributed by atoms with Crippen LogP contribution in [0.25, 0.3) is 22.2 Å². The van der Waals surface area contributed by atoms with Crippen LogP contribution in [-0.2, 0) is 6.18 Å². The maximum atomic E-state index is 12.7. The minimum absolute atomic E-state index is 0.155. The molecule has 0 aliphatic heterocycles. The number of rotatable bonds is 5. The highest BCUT2D eigenvalue weighted by molar-refractivity contribution is 5.86. The van der Waals surface area contributed by atoms with E-state index >= 15 is 0 Å². The number of nitrogens with one attached hydrogen (secondary N) is 1. The van der Waals surface area contributed by atoms with Crippen LogP contribution >= 0.6 is 0 Å². The number of fused-ring (bicyclic) bond motifs is 1. The molecule has 1 N–H and O–H groups in total. The molecule has 1 aliphatic rings. The Balaban J connectivity index is 1.21. The zero-order valence-electron chi connectivity index (χ0n) is 17.4. The molecule has 1 atom stereocenters. The Morgan fingerprint density at radius 1 is 0.969 bits per heavy atom. The molecule has 1 fully saturated rings. The molecule has 0 amide bonds. The van der Waals surface area contributed by atoms with Gasteiger partial charge in [-0.15, -0.1) is 0 Å². The van der Waals surface area contributed by atoms with E-state index in [9.17, 15) is 13.2 Å². The van der Waals surface area contributed by atoms with Crippen LogP contribution in [0.5, 0.6) is 0 Å². The minimum Gasteiger partial charge on any atom is -0.339 e. The molecule has 0 bridgehead atoms. The molecular formula is C25H22F3N3O. The minimum atomic E-state index is -4.36. The summed E-state index contributed by atoms with van der Waals surface area (Å²) in [6.45, 7) is 2.17. The van der Waals surface area contributed by atoms with Crippen LogP contribution in [0.3, 0.4) is 0 Å². The van der Waals surface area contributed by atoms with Gasteiger partial charge in [-0.05, 0) is 48.2 Å². The highest BCUT2D eigenvalue weighted by Gasteiger charge is 2.35. The molecular weight excluding hydrogens is 415 g/mol. The lowest BCUT2D eigenvalue weighted by molar-refractivity contribution is -0.137. The Bertz CT molecular complexity index is 1220. The summed E-state index contributed by atoms with van der Waals surface area (Å²) in [5.41, 5.74) is 1.08. The first-order valence-electron chi connectivity index (χ1n) is 10.6.